The van der Waals surface area contributed by atoms with Crippen molar-refractivity contribution < 1.29 is 9.31 Å². The van der Waals surface area contributed by atoms with Gasteiger partial charge >= 0.3 is 0 Å². The second-order valence-electron chi connectivity index (χ2n) is 4.66. The second-order valence-corrected chi connectivity index (χ2v) is 5.46. The zero-order chi connectivity index (χ0) is 15.4. The summed E-state index contributed by atoms with van der Waals surface area (Å²) in [5.74, 6) is -0.280. The lowest BCUT2D eigenvalue weighted by Gasteiger charge is -2.15. The van der Waals surface area contributed by atoms with Gasteiger partial charge in [-0.15, -0.1) is 0 Å². The van der Waals surface area contributed by atoms with Gasteiger partial charge in [-0.3, -0.25) is 10.1 Å². The molecule has 0 bridgehead atoms. The number of nitro groups is 1. The molecule has 0 amide bonds. The number of nitro benzene ring substituents is 1. The first-order valence-electron chi connectivity index (χ1n) is 6.39. The number of hydrogen-bond acceptors (Lipinski definition) is 3. The Kier molecular flexibility index (Phi) is 5.03. The van der Waals surface area contributed by atoms with Gasteiger partial charge < -0.3 is 5.32 Å². The maximum absolute atomic E-state index is 13.2. The maximum atomic E-state index is 13.2. The fourth-order valence-electron chi connectivity index (χ4n) is 2.00. The predicted octanol–water partition coefficient (Wildman–Crippen LogP) is 4.35. The minimum absolute atomic E-state index is 0.0349. The van der Waals surface area contributed by atoms with Crippen LogP contribution in [0, 0.1) is 15.9 Å². The van der Waals surface area contributed by atoms with Crippen LogP contribution in [0.25, 0.3) is 0 Å². The topological polar surface area (TPSA) is 55.2 Å². The van der Waals surface area contributed by atoms with Gasteiger partial charge in [0, 0.05) is 18.7 Å². The molecule has 2 aromatic rings. The molecule has 0 aliphatic carbocycles. The number of nitrogens with one attached hydrogen (secondary N) is 1. The van der Waals surface area contributed by atoms with Gasteiger partial charge in [0.25, 0.3) is 5.69 Å². The van der Waals surface area contributed by atoms with Crippen LogP contribution < -0.4 is 5.32 Å². The average Bonchev–Trinajstić information content (AvgIpc) is 2.45. The third-order valence-electron chi connectivity index (χ3n) is 3.20. The van der Waals surface area contributed by atoms with Crippen LogP contribution in [0.4, 0.5) is 10.1 Å². The molecular formula is C15H14BrFN2O2. The Hall–Kier alpha value is -1.79. The van der Waals surface area contributed by atoms with E-state index in [1.165, 1.54) is 18.2 Å². The van der Waals surface area contributed by atoms with E-state index in [0.29, 0.717) is 11.0 Å². The van der Waals surface area contributed by atoms with Crippen molar-refractivity contribution in [3.8, 4) is 0 Å². The van der Waals surface area contributed by atoms with Crippen molar-refractivity contribution in [2.45, 2.75) is 19.5 Å². The quantitative estimate of drug-likeness (QED) is 0.642. The minimum atomic E-state index is -0.427. The summed E-state index contributed by atoms with van der Waals surface area (Å²) in [6.07, 6.45) is 0. The van der Waals surface area contributed by atoms with Crippen LogP contribution in [0.2, 0.25) is 0 Å². The van der Waals surface area contributed by atoms with Crippen molar-refractivity contribution >= 4 is 21.6 Å². The van der Waals surface area contributed by atoms with E-state index < -0.39 is 4.92 Å². The Morgan fingerprint density at radius 3 is 2.71 bits per heavy atom. The van der Waals surface area contributed by atoms with Crippen LogP contribution in [0.5, 0.6) is 0 Å². The Labute approximate surface area is 130 Å². The van der Waals surface area contributed by atoms with Crippen molar-refractivity contribution in [3.63, 3.8) is 0 Å². The zero-order valence-electron chi connectivity index (χ0n) is 11.3. The molecule has 1 N–H and O–H groups in total. The van der Waals surface area contributed by atoms with Crippen molar-refractivity contribution in [1.29, 1.82) is 0 Å². The highest BCUT2D eigenvalue weighted by atomic mass is 79.9. The van der Waals surface area contributed by atoms with Gasteiger partial charge in [-0.2, -0.15) is 0 Å². The average molecular weight is 353 g/mol. The van der Waals surface area contributed by atoms with Crippen molar-refractivity contribution in [2.24, 2.45) is 0 Å². The predicted molar refractivity (Wildman–Crippen MR) is 82.5 cm³/mol. The Bertz CT molecular complexity index is 664. The number of halogens is 2. The largest absolute Gasteiger partial charge is 0.306 e. The molecule has 0 saturated heterocycles. The molecule has 1 unspecified atom stereocenters. The summed E-state index contributed by atoms with van der Waals surface area (Å²) >= 11 is 3.26. The summed E-state index contributed by atoms with van der Waals surface area (Å²) in [5.41, 5.74) is 1.65. The highest BCUT2D eigenvalue weighted by Crippen LogP contribution is 2.28. The third kappa shape index (κ3) is 3.86. The van der Waals surface area contributed by atoms with Crippen LogP contribution in [0.15, 0.2) is 46.9 Å². The minimum Gasteiger partial charge on any atom is -0.306 e. The van der Waals surface area contributed by atoms with Gasteiger partial charge in [-0.25, -0.2) is 4.39 Å². The fourth-order valence-corrected chi connectivity index (χ4v) is 2.55. The molecule has 0 saturated carbocycles. The Balaban J connectivity index is 2.10. The molecule has 0 fully saturated rings. The summed E-state index contributed by atoms with van der Waals surface area (Å²) in [5, 5.41) is 14.1. The lowest BCUT2D eigenvalue weighted by molar-refractivity contribution is -0.385. The van der Waals surface area contributed by atoms with Gasteiger partial charge in [-0.1, -0.05) is 24.3 Å². The molecule has 21 heavy (non-hydrogen) atoms. The van der Waals surface area contributed by atoms with Crippen molar-refractivity contribution in [3.05, 3.63) is 74.0 Å². The third-order valence-corrected chi connectivity index (χ3v) is 4.12. The fraction of sp³-hybridized carbons (Fsp3) is 0.200. The number of rotatable bonds is 5. The molecule has 0 radical (unpaired) electrons. The highest BCUT2D eigenvalue weighted by Gasteiger charge is 2.15. The lowest BCUT2D eigenvalue weighted by atomic mass is 10.1. The lowest BCUT2D eigenvalue weighted by Crippen LogP contribution is -2.18. The molecule has 2 aromatic carbocycles. The van der Waals surface area contributed by atoms with Crippen LogP contribution in [0.3, 0.4) is 0 Å². The molecule has 0 aliphatic heterocycles. The molecular weight excluding hydrogens is 339 g/mol. The van der Waals surface area contributed by atoms with Crippen LogP contribution in [0.1, 0.15) is 24.1 Å². The highest BCUT2D eigenvalue weighted by molar-refractivity contribution is 9.10. The van der Waals surface area contributed by atoms with E-state index in [1.54, 1.807) is 12.1 Å². The molecule has 110 valence electrons. The van der Waals surface area contributed by atoms with Gasteiger partial charge in [0.2, 0.25) is 0 Å². The van der Waals surface area contributed by atoms with Crippen LogP contribution in [-0.4, -0.2) is 4.92 Å². The maximum Gasteiger partial charge on any atom is 0.283 e. The van der Waals surface area contributed by atoms with E-state index in [4.69, 9.17) is 0 Å². The van der Waals surface area contributed by atoms with Gasteiger partial charge in [-0.05, 0) is 46.1 Å². The van der Waals surface area contributed by atoms with Crippen LogP contribution in [-0.2, 0) is 6.54 Å². The SMILES string of the molecule is CC(NCc1cccc([N+](=O)[O-])c1Br)c1cccc(F)c1. The van der Waals surface area contributed by atoms with E-state index >= 15 is 0 Å². The van der Waals surface area contributed by atoms with Gasteiger partial charge in [0.1, 0.15) is 5.82 Å². The molecule has 0 aliphatic rings. The smallest absolute Gasteiger partial charge is 0.283 e. The monoisotopic (exact) mass is 352 g/mol. The molecule has 0 spiro atoms. The second kappa shape index (κ2) is 6.78. The number of nitrogens with zero attached hydrogens (tertiary/aromatic N) is 1. The van der Waals surface area contributed by atoms with Crippen LogP contribution >= 0.6 is 15.9 Å². The zero-order valence-corrected chi connectivity index (χ0v) is 12.9. The molecule has 0 aromatic heterocycles. The first-order chi connectivity index (χ1) is 9.99. The normalized spacial score (nSPS) is 12.1. The number of benzene rings is 2. The summed E-state index contributed by atoms with van der Waals surface area (Å²) in [6, 6.07) is 11.2. The summed E-state index contributed by atoms with van der Waals surface area (Å²) in [4.78, 5) is 10.5. The first-order valence-corrected chi connectivity index (χ1v) is 7.19. The van der Waals surface area contributed by atoms with E-state index in [-0.39, 0.29) is 17.5 Å². The van der Waals surface area contributed by atoms with E-state index in [1.807, 2.05) is 19.1 Å². The van der Waals surface area contributed by atoms with E-state index in [2.05, 4.69) is 21.2 Å². The molecule has 6 heteroatoms. The molecule has 2 rings (SSSR count). The Morgan fingerprint density at radius 2 is 2.05 bits per heavy atom. The summed E-state index contributed by atoms with van der Waals surface area (Å²) in [6.45, 7) is 2.36. The summed E-state index contributed by atoms with van der Waals surface area (Å²) < 4.78 is 13.7. The van der Waals surface area contributed by atoms with Crippen molar-refractivity contribution in [2.75, 3.05) is 0 Å². The van der Waals surface area contributed by atoms with Gasteiger partial charge in [0.15, 0.2) is 0 Å². The van der Waals surface area contributed by atoms with E-state index in [0.717, 1.165) is 11.1 Å². The molecule has 1 atom stereocenters. The summed E-state index contributed by atoms with van der Waals surface area (Å²) in [7, 11) is 0. The molecule has 0 heterocycles. The van der Waals surface area contributed by atoms with Crippen molar-refractivity contribution in [1.82, 2.24) is 5.32 Å². The standard InChI is InChI=1S/C15H14BrFN2O2/c1-10(11-4-2-6-13(17)8-11)18-9-12-5-3-7-14(15(12)16)19(20)21/h2-8,10,18H,9H2,1H3. The molecule has 4 nitrogen and oxygen atoms in total. The number of hydrogen-bond donors (Lipinski definition) is 1. The Morgan fingerprint density at radius 1 is 1.33 bits per heavy atom. The van der Waals surface area contributed by atoms with Gasteiger partial charge in [0.05, 0.1) is 9.40 Å². The van der Waals surface area contributed by atoms with E-state index in [9.17, 15) is 14.5 Å². The first kappa shape index (κ1) is 15.6.